The van der Waals surface area contributed by atoms with Crippen LogP contribution in [0, 0.1) is 0 Å². The van der Waals surface area contributed by atoms with Gasteiger partial charge in [-0.3, -0.25) is 0 Å². The van der Waals surface area contributed by atoms with Gasteiger partial charge in [-0.15, -0.1) is 0 Å². The molecule has 0 aliphatic carbocycles. The smallest absolute Gasteiger partial charge is 0.167 e. The van der Waals surface area contributed by atoms with Gasteiger partial charge in [0.2, 0.25) is 0 Å². The number of furan rings is 1. The number of aromatic nitrogens is 3. The molecule has 49 heavy (non-hydrogen) atoms. The lowest BCUT2D eigenvalue weighted by atomic mass is 9.92. The second kappa shape index (κ2) is 11.0. The van der Waals surface area contributed by atoms with Crippen molar-refractivity contribution in [1.29, 1.82) is 0 Å². The maximum Gasteiger partial charge on any atom is 0.167 e. The van der Waals surface area contributed by atoms with E-state index in [1.54, 1.807) is 0 Å². The molecule has 0 aliphatic heterocycles. The topological polar surface area (TPSA) is 51.8 Å². The first-order valence-electron chi connectivity index (χ1n) is 16.4. The van der Waals surface area contributed by atoms with E-state index in [9.17, 15) is 0 Å². The normalized spacial score (nSPS) is 11.7. The molecule has 0 radical (unpaired) electrons. The molecule has 10 aromatic rings. The average molecular weight is 626 g/mol. The predicted octanol–water partition coefficient (Wildman–Crippen LogP) is 11.9. The molecular weight excluding hydrogens is 599 g/mol. The zero-order valence-electron chi connectivity index (χ0n) is 26.3. The van der Waals surface area contributed by atoms with E-state index in [1.165, 1.54) is 27.3 Å². The highest BCUT2D eigenvalue weighted by Crippen LogP contribution is 2.40. The van der Waals surface area contributed by atoms with Crippen LogP contribution in [0.5, 0.6) is 0 Å². The largest absolute Gasteiger partial charge is 0.455 e. The van der Waals surface area contributed by atoms with Crippen molar-refractivity contribution in [2.75, 3.05) is 0 Å². The molecule has 4 nitrogen and oxygen atoms in total. The fourth-order valence-electron chi connectivity index (χ4n) is 7.19. The number of benzene rings is 8. The highest BCUT2D eigenvalue weighted by molar-refractivity contribution is 6.13. The molecule has 0 saturated heterocycles. The molecule has 228 valence electrons. The number of fused-ring (bicyclic) bond motifs is 6. The lowest BCUT2D eigenvalue weighted by molar-refractivity contribution is 0.670. The first kappa shape index (κ1) is 27.5. The van der Waals surface area contributed by atoms with Crippen LogP contribution in [-0.4, -0.2) is 15.0 Å². The van der Waals surface area contributed by atoms with E-state index < -0.39 is 0 Å². The summed E-state index contributed by atoms with van der Waals surface area (Å²) in [5.41, 5.74) is 6.68. The number of para-hydroxylation sites is 1. The molecular formula is C45H27N3O. The molecule has 2 heterocycles. The molecule has 0 amide bonds. The molecule has 0 atom stereocenters. The Labute approximate surface area is 282 Å². The molecule has 10 rings (SSSR count). The minimum absolute atomic E-state index is 0.570. The zero-order valence-corrected chi connectivity index (χ0v) is 26.3. The van der Waals surface area contributed by atoms with Crippen LogP contribution in [-0.2, 0) is 0 Å². The van der Waals surface area contributed by atoms with Crippen molar-refractivity contribution in [2.45, 2.75) is 0 Å². The Morgan fingerprint density at radius 2 is 0.837 bits per heavy atom. The van der Waals surface area contributed by atoms with Gasteiger partial charge in [0.15, 0.2) is 17.5 Å². The van der Waals surface area contributed by atoms with Gasteiger partial charge >= 0.3 is 0 Å². The molecule has 0 spiro atoms. The van der Waals surface area contributed by atoms with Crippen molar-refractivity contribution < 1.29 is 4.42 Å². The van der Waals surface area contributed by atoms with E-state index in [2.05, 4.69) is 127 Å². The summed E-state index contributed by atoms with van der Waals surface area (Å²) < 4.78 is 6.61. The fourth-order valence-corrected chi connectivity index (χ4v) is 7.19. The van der Waals surface area contributed by atoms with Crippen LogP contribution in [0.3, 0.4) is 0 Å². The molecule has 0 bridgehead atoms. The van der Waals surface area contributed by atoms with Crippen molar-refractivity contribution in [2.24, 2.45) is 0 Å². The number of hydrogen-bond acceptors (Lipinski definition) is 4. The van der Waals surface area contributed by atoms with Crippen LogP contribution in [0.15, 0.2) is 168 Å². The van der Waals surface area contributed by atoms with Crippen LogP contribution in [0.4, 0.5) is 0 Å². The fraction of sp³-hybridized carbons (Fsp3) is 0. The maximum atomic E-state index is 6.61. The highest BCUT2D eigenvalue weighted by Gasteiger charge is 2.19. The van der Waals surface area contributed by atoms with Crippen molar-refractivity contribution in [1.82, 2.24) is 15.0 Å². The van der Waals surface area contributed by atoms with E-state index >= 15 is 0 Å². The van der Waals surface area contributed by atoms with Gasteiger partial charge in [-0.1, -0.05) is 146 Å². The standard InChI is InChI=1S/C45H27N3O/c1-2-13-29(14-3-1)43-46-44(38-24-10-21-35-34(20-9-22-36(35)38)33-19-8-17-28-12-6-7-18-32(28)33)48-45(47-43)39-25-11-23-37-40-26-30-15-4-5-16-31(30)27-41(40)49-42(37)39/h1-27H. The third-order valence-corrected chi connectivity index (χ3v) is 9.52. The Balaban J connectivity index is 1.21. The minimum atomic E-state index is 0.570. The number of hydrogen-bond donors (Lipinski definition) is 0. The third-order valence-electron chi connectivity index (χ3n) is 9.52. The second-order valence-electron chi connectivity index (χ2n) is 12.4. The average Bonchev–Trinajstić information content (AvgIpc) is 3.54. The summed E-state index contributed by atoms with van der Waals surface area (Å²) >= 11 is 0. The lowest BCUT2D eigenvalue weighted by Gasteiger charge is -2.13. The molecule has 4 heteroatoms. The Morgan fingerprint density at radius 1 is 0.327 bits per heavy atom. The van der Waals surface area contributed by atoms with Crippen molar-refractivity contribution in [3.63, 3.8) is 0 Å². The molecule has 0 fully saturated rings. The molecule has 0 saturated carbocycles. The number of nitrogens with zero attached hydrogens (tertiary/aromatic N) is 3. The first-order valence-corrected chi connectivity index (χ1v) is 16.4. The quantitative estimate of drug-likeness (QED) is 0.195. The summed E-state index contributed by atoms with van der Waals surface area (Å²) in [7, 11) is 0. The second-order valence-corrected chi connectivity index (χ2v) is 12.4. The SMILES string of the molecule is c1ccc(-c2nc(-c3cccc4c(-c5cccc6ccccc56)cccc34)nc(-c3cccc4c3oc3cc5ccccc5cc34)n2)cc1. The van der Waals surface area contributed by atoms with E-state index in [-0.39, 0.29) is 0 Å². The van der Waals surface area contributed by atoms with E-state index in [0.29, 0.717) is 17.5 Å². The van der Waals surface area contributed by atoms with Crippen LogP contribution in [0.2, 0.25) is 0 Å². The summed E-state index contributed by atoms with van der Waals surface area (Å²) in [6, 6.07) is 56.9. The summed E-state index contributed by atoms with van der Waals surface area (Å²) in [6.45, 7) is 0. The van der Waals surface area contributed by atoms with Gasteiger partial charge in [-0.05, 0) is 61.6 Å². The third kappa shape index (κ3) is 4.49. The van der Waals surface area contributed by atoms with E-state index in [4.69, 9.17) is 19.4 Å². The molecule has 0 N–H and O–H groups in total. The van der Waals surface area contributed by atoms with Gasteiger partial charge in [0, 0.05) is 21.9 Å². The summed E-state index contributed by atoms with van der Waals surface area (Å²) in [5, 5.41) is 9.09. The van der Waals surface area contributed by atoms with Crippen molar-refractivity contribution >= 4 is 54.3 Å². The molecule has 2 aromatic heterocycles. The van der Waals surface area contributed by atoms with E-state index in [1.807, 2.05) is 36.4 Å². The van der Waals surface area contributed by atoms with E-state index in [0.717, 1.165) is 54.8 Å². The van der Waals surface area contributed by atoms with Gasteiger partial charge in [0.25, 0.3) is 0 Å². The van der Waals surface area contributed by atoms with Crippen LogP contribution in [0.25, 0.3) is 99.5 Å². The lowest BCUT2D eigenvalue weighted by Crippen LogP contribution is -2.01. The molecule has 8 aromatic carbocycles. The minimum Gasteiger partial charge on any atom is -0.455 e. The first-order chi connectivity index (χ1) is 24.3. The Morgan fingerprint density at radius 3 is 1.63 bits per heavy atom. The van der Waals surface area contributed by atoms with Crippen LogP contribution in [0.1, 0.15) is 0 Å². The Hall–Kier alpha value is -6.65. The van der Waals surface area contributed by atoms with Crippen molar-refractivity contribution in [3.05, 3.63) is 164 Å². The zero-order chi connectivity index (χ0) is 32.3. The summed E-state index contributed by atoms with van der Waals surface area (Å²) in [5.74, 6) is 1.80. The van der Waals surface area contributed by atoms with Crippen LogP contribution >= 0.6 is 0 Å². The van der Waals surface area contributed by atoms with Gasteiger partial charge in [-0.25, -0.2) is 15.0 Å². The van der Waals surface area contributed by atoms with Gasteiger partial charge < -0.3 is 4.42 Å². The summed E-state index contributed by atoms with van der Waals surface area (Å²) in [6.07, 6.45) is 0. The highest BCUT2D eigenvalue weighted by atomic mass is 16.3. The Kier molecular flexibility index (Phi) is 6.15. The Bertz CT molecular complexity index is 2890. The molecule has 0 aliphatic rings. The maximum absolute atomic E-state index is 6.61. The predicted molar refractivity (Wildman–Crippen MR) is 201 cm³/mol. The van der Waals surface area contributed by atoms with Crippen LogP contribution < -0.4 is 0 Å². The van der Waals surface area contributed by atoms with Gasteiger partial charge in [-0.2, -0.15) is 0 Å². The monoisotopic (exact) mass is 625 g/mol. The number of rotatable bonds is 4. The van der Waals surface area contributed by atoms with Gasteiger partial charge in [0.05, 0.1) is 5.56 Å². The van der Waals surface area contributed by atoms with Gasteiger partial charge in [0.1, 0.15) is 11.2 Å². The summed E-state index contributed by atoms with van der Waals surface area (Å²) in [4.78, 5) is 15.4. The molecule has 0 unspecified atom stereocenters. The van der Waals surface area contributed by atoms with Crippen molar-refractivity contribution in [3.8, 4) is 45.3 Å².